The summed E-state index contributed by atoms with van der Waals surface area (Å²) >= 11 is 0. The Morgan fingerprint density at radius 3 is 0.556 bits per heavy atom. The van der Waals surface area contributed by atoms with E-state index in [2.05, 4.69) is 396 Å². The Hall–Kier alpha value is -12.0. The van der Waals surface area contributed by atoms with E-state index in [1.165, 1.54) is 21.5 Å². The SMILES string of the molecule is c1ccc(N(c2ccc(-c3ccc(-c4ccc(N(c5ccccc5)c5ccc(-c6ccc(N(c7ccccc7)c7cccc8ccccc78)cc6)cc5)cc4)cc3)cc2)c2ccc(-c3ccc(N(c4ccccc4)c4cccc5ccccc45)cc3)cc2)cc1. The van der Waals surface area contributed by atoms with Crippen LogP contribution in [0.25, 0.3) is 66.1 Å². The fraction of sp³-hybridized carbons (Fsp3) is 0. The Morgan fingerprint density at radius 2 is 0.300 bits per heavy atom. The van der Waals surface area contributed by atoms with Crippen LogP contribution in [-0.2, 0) is 0 Å². The first kappa shape index (κ1) is 54.7. The number of benzene rings is 15. The fourth-order valence-electron chi connectivity index (χ4n) is 12.5. The maximum Gasteiger partial charge on any atom is 0.0540 e. The number of nitrogens with zero attached hydrogens (tertiary/aromatic N) is 4. The second kappa shape index (κ2) is 24.8. The molecule has 15 rings (SSSR count). The standard InChI is InChI=1S/C86H62N4/c1-5-23-73(24-6-1)87(79-55-43-67(44-56-79)69-47-59-81(60-48-69)89(75-27-9-3-10-28-75)85-33-17-21-71-19-13-15-31-83(71)85)77-51-39-65(40-52-77)63-35-37-64(38-36-63)66-41-53-78(54-42-66)88(74-25-7-2-8-26-74)80-57-45-68(46-58-80)70-49-61-82(62-50-70)90(76-29-11-4-12-30-76)86-34-18-22-72-20-14-16-32-84(72)86/h1-62H. The highest BCUT2D eigenvalue weighted by Crippen LogP contribution is 2.44. The van der Waals surface area contributed by atoms with Crippen LogP contribution in [-0.4, -0.2) is 0 Å². The third kappa shape index (κ3) is 11.1. The molecule has 0 spiro atoms. The lowest BCUT2D eigenvalue weighted by atomic mass is 9.99. The quantitative estimate of drug-likeness (QED) is 0.0956. The topological polar surface area (TPSA) is 13.0 Å². The molecule has 426 valence electrons. The number of hydrogen-bond donors (Lipinski definition) is 0. The molecule has 0 unspecified atom stereocenters. The Labute approximate surface area is 527 Å². The molecule has 0 bridgehead atoms. The van der Waals surface area contributed by atoms with Crippen LogP contribution in [0, 0.1) is 0 Å². The van der Waals surface area contributed by atoms with Gasteiger partial charge in [-0.25, -0.2) is 0 Å². The van der Waals surface area contributed by atoms with Gasteiger partial charge in [0.15, 0.2) is 0 Å². The first-order valence-corrected chi connectivity index (χ1v) is 30.7. The van der Waals surface area contributed by atoms with Gasteiger partial charge in [0.2, 0.25) is 0 Å². The number of anilines is 12. The summed E-state index contributed by atoms with van der Waals surface area (Å²) < 4.78 is 0. The molecule has 4 nitrogen and oxygen atoms in total. The predicted molar refractivity (Wildman–Crippen MR) is 382 cm³/mol. The monoisotopic (exact) mass is 1150 g/mol. The Bertz CT molecular complexity index is 4540. The van der Waals surface area contributed by atoms with Crippen molar-refractivity contribution in [2.75, 3.05) is 19.6 Å². The average molecular weight is 1150 g/mol. The van der Waals surface area contributed by atoms with Crippen LogP contribution >= 0.6 is 0 Å². The minimum absolute atomic E-state index is 1.09. The van der Waals surface area contributed by atoms with Crippen LogP contribution in [0.4, 0.5) is 68.2 Å². The normalized spacial score (nSPS) is 11.1. The van der Waals surface area contributed by atoms with Crippen molar-refractivity contribution in [1.82, 2.24) is 0 Å². The van der Waals surface area contributed by atoms with Gasteiger partial charge in [0, 0.05) is 67.6 Å². The van der Waals surface area contributed by atoms with E-state index in [0.29, 0.717) is 0 Å². The summed E-state index contributed by atoms with van der Waals surface area (Å²) in [6.45, 7) is 0. The lowest BCUT2D eigenvalue weighted by Crippen LogP contribution is -2.10. The molecule has 0 aliphatic heterocycles. The summed E-state index contributed by atoms with van der Waals surface area (Å²) in [7, 11) is 0. The summed E-state index contributed by atoms with van der Waals surface area (Å²) in [6, 6.07) is 135. The molecular weight excluding hydrogens is 1090 g/mol. The zero-order chi connectivity index (χ0) is 60.0. The summed E-state index contributed by atoms with van der Waals surface area (Å²) in [5.41, 5.74) is 22.6. The molecular formula is C86H62N4. The van der Waals surface area contributed by atoms with Crippen molar-refractivity contribution in [3.63, 3.8) is 0 Å². The van der Waals surface area contributed by atoms with Crippen LogP contribution in [0.15, 0.2) is 376 Å². The van der Waals surface area contributed by atoms with Gasteiger partial charge in [-0.05, 0) is 189 Å². The second-order valence-corrected chi connectivity index (χ2v) is 22.5. The molecule has 0 N–H and O–H groups in total. The summed E-state index contributed by atoms with van der Waals surface area (Å²) in [5, 5.41) is 4.86. The van der Waals surface area contributed by atoms with Gasteiger partial charge in [-0.3, -0.25) is 0 Å². The van der Waals surface area contributed by atoms with Gasteiger partial charge in [-0.15, -0.1) is 0 Å². The summed E-state index contributed by atoms with van der Waals surface area (Å²) in [6.07, 6.45) is 0. The molecule has 0 aliphatic rings. The molecule has 0 radical (unpaired) electrons. The van der Waals surface area contributed by atoms with E-state index < -0.39 is 0 Å². The van der Waals surface area contributed by atoms with E-state index in [1.807, 2.05) is 0 Å². The van der Waals surface area contributed by atoms with Crippen LogP contribution in [0.3, 0.4) is 0 Å². The molecule has 0 aromatic heterocycles. The van der Waals surface area contributed by atoms with Crippen LogP contribution in [0.5, 0.6) is 0 Å². The fourth-order valence-corrected chi connectivity index (χ4v) is 12.5. The maximum absolute atomic E-state index is 2.35. The number of rotatable bonds is 16. The Kier molecular flexibility index (Phi) is 15.0. The van der Waals surface area contributed by atoms with Gasteiger partial charge in [0.25, 0.3) is 0 Å². The zero-order valence-electron chi connectivity index (χ0n) is 49.6. The molecule has 0 fully saturated rings. The van der Waals surface area contributed by atoms with Gasteiger partial charge in [0.05, 0.1) is 11.4 Å². The Morgan fingerprint density at radius 1 is 0.122 bits per heavy atom. The molecule has 0 saturated carbocycles. The summed E-state index contributed by atoms with van der Waals surface area (Å²) in [4.78, 5) is 9.35. The molecule has 15 aromatic rings. The third-order valence-electron chi connectivity index (χ3n) is 17.0. The first-order valence-electron chi connectivity index (χ1n) is 30.7. The van der Waals surface area contributed by atoms with Gasteiger partial charge in [-0.2, -0.15) is 0 Å². The van der Waals surface area contributed by atoms with Crippen molar-refractivity contribution in [2.24, 2.45) is 0 Å². The molecule has 0 amide bonds. The summed E-state index contributed by atoms with van der Waals surface area (Å²) in [5.74, 6) is 0. The van der Waals surface area contributed by atoms with Crippen LogP contribution < -0.4 is 19.6 Å². The second-order valence-electron chi connectivity index (χ2n) is 22.5. The van der Waals surface area contributed by atoms with E-state index >= 15 is 0 Å². The van der Waals surface area contributed by atoms with E-state index in [1.54, 1.807) is 0 Å². The zero-order valence-corrected chi connectivity index (χ0v) is 49.6. The number of hydrogen-bond acceptors (Lipinski definition) is 4. The first-order chi connectivity index (χ1) is 44.6. The minimum Gasteiger partial charge on any atom is -0.311 e. The van der Waals surface area contributed by atoms with Crippen LogP contribution in [0.2, 0.25) is 0 Å². The van der Waals surface area contributed by atoms with Gasteiger partial charge in [-0.1, -0.05) is 243 Å². The van der Waals surface area contributed by atoms with Crippen LogP contribution in [0.1, 0.15) is 0 Å². The van der Waals surface area contributed by atoms with Crippen molar-refractivity contribution in [3.8, 4) is 44.5 Å². The number of fused-ring (bicyclic) bond motifs is 2. The van der Waals surface area contributed by atoms with Gasteiger partial charge < -0.3 is 19.6 Å². The maximum atomic E-state index is 2.35. The molecule has 4 heteroatoms. The van der Waals surface area contributed by atoms with E-state index in [9.17, 15) is 0 Å². The average Bonchev–Trinajstić information content (AvgIpc) is 1.85. The third-order valence-corrected chi connectivity index (χ3v) is 17.0. The highest BCUT2D eigenvalue weighted by molar-refractivity contribution is 6.00. The van der Waals surface area contributed by atoms with E-state index in [0.717, 1.165) is 113 Å². The smallest absolute Gasteiger partial charge is 0.0540 e. The van der Waals surface area contributed by atoms with Crippen molar-refractivity contribution >= 4 is 89.8 Å². The number of para-hydroxylation sites is 4. The largest absolute Gasteiger partial charge is 0.311 e. The van der Waals surface area contributed by atoms with Gasteiger partial charge in [0.1, 0.15) is 0 Å². The van der Waals surface area contributed by atoms with Crippen molar-refractivity contribution in [3.05, 3.63) is 376 Å². The lowest BCUT2D eigenvalue weighted by Gasteiger charge is -2.27. The lowest BCUT2D eigenvalue weighted by molar-refractivity contribution is 1.28. The molecule has 15 aromatic carbocycles. The highest BCUT2D eigenvalue weighted by Gasteiger charge is 2.20. The van der Waals surface area contributed by atoms with Gasteiger partial charge >= 0.3 is 0 Å². The predicted octanol–water partition coefficient (Wildman–Crippen LogP) is 24.5. The van der Waals surface area contributed by atoms with Crippen molar-refractivity contribution in [2.45, 2.75) is 0 Å². The Balaban J connectivity index is 0.643. The molecule has 0 aliphatic carbocycles. The highest BCUT2D eigenvalue weighted by atomic mass is 15.2. The molecule has 90 heavy (non-hydrogen) atoms. The molecule has 0 saturated heterocycles. The van der Waals surface area contributed by atoms with Crippen molar-refractivity contribution in [1.29, 1.82) is 0 Å². The minimum atomic E-state index is 1.09. The molecule has 0 heterocycles. The van der Waals surface area contributed by atoms with Crippen molar-refractivity contribution < 1.29 is 0 Å². The van der Waals surface area contributed by atoms with E-state index in [4.69, 9.17) is 0 Å². The molecule has 0 atom stereocenters. The van der Waals surface area contributed by atoms with E-state index in [-0.39, 0.29) is 0 Å².